The van der Waals surface area contributed by atoms with Crippen LogP contribution in [0.4, 0.5) is 0 Å². The Bertz CT molecular complexity index is 477. The summed E-state index contributed by atoms with van der Waals surface area (Å²) in [6.45, 7) is 2.63. The van der Waals surface area contributed by atoms with Crippen molar-refractivity contribution in [2.24, 2.45) is 5.73 Å². The van der Waals surface area contributed by atoms with Crippen LogP contribution >= 0.6 is 11.3 Å². The van der Waals surface area contributed by atoms with Crippen molar-refractivity contribution in [2.75, 3.05) is 13.7 Å². The van der Waals surface area contributed by atoms with E-state index in [1.165, 1.54) is 10.3 Å². The Hall–Kier alpha value is -0.970. The topological polar surface area (TPSA) is 48.1 Å². The minimum atomic E-state index is 0.0710. The van der Waals surface area contributed by atoms with Crippen LogP contribution in [0.15, 0.2) is 18.2 Å². The molecule has 0 saturated carbocycles. The van der Waals surface area contributed by atoms with Crippen molar-refractivity contribution in [2.45, 2.75) is 19.4 Å². The minimum absolute atomic E-state index is 0.0710. The maximum Gasteiger partial charge on any atom is 0.0964 e. The molecule has 0 aliphatic carbocycles. The third-order valence-corrected chi connectivity index (χ3v) is 3.63. The predicted molar refractivity (Wildman–Crippen MR) is 67.9 cm³/mol. The number of aryl methyl sites for hydroxylation is 1. The van der Waals surface area contributed by atoms with Gasteiger partial charge in [0.25, 0.3) is 0 Å². The van der Waals surface area contributed by atoms with E-state index in [-0.39, 0.29) is 6.10 Å². The van der Waals surface area contributed by atoms with Crippen molar-refractivity contribution in [3.05, 3.63) is 28.8 Å². The number of hydrogen-bond donors (Lipinski definition) is 1. The molecular formula is C12H16N2OS. The third kappa shape index (κ3) is 2.40. The molecule has 2 rings (SSSR count). The zero-order chi connectivity index (χ0) is 11.5. The number of fused-ring (bicyclic) bond motifs is 1. The van der Waals surface area contributed by atoms with Gasteiger partial charge in [0.15, 0.2) is 0 Å². The highest BCUT2D eigenvalue weighted by Gasteiger charge is 2.10. The molecule has 0 bridgehead atoms. The second-order valence-electron chi connectivity index (χ2n) is 3.88. The Kier molecular flexibility index (Phi) is 3.53. The monoisotopic (exact) mass is 236 g/mol. The summed E-state index contributed by atoms with van der Waals surface area (Å²) < 4.78 is 6.50. The summed E-state index contributed by atoms with van der Waals surface area (Å²) in [7, 11) is 1.69. The fourth-order valence-electron chi connectivity index (χ4n) is 1.62. The summed E-state index contributed by atoms with van der Waals surface area (Å²) in [6, 6.07) is 6.32. The van der Waals surface area contributed by atoms with Crippen LogP contribution in [0, 0.1) is 6.92 Å². The summed E-state index contributed by atoms with van der Waals surface area (Å²) in [6.07, 6.45) is 0.868. The standard InChI is InChI=1S/C12H16N2OS/c1-8-3-4-10-11(5-8)16-12(14-10)6-9(7-13)15-2/h3-5,9H,6-7,13H2,1-2H3. The summed E-state index contributed by atoms with van der Waals surface area (Å²) >= 11 is 1.72. The van der Waals surface area contributed by atoms with E-state index in [1.807, 2.05) is 0 Å². The molecule has 1 aromatic heterocycles. The Balaban J connectivity index is 2.25. The van der Waals surface area contributed by atoms with Crippen molar-refractivity contribution in [3.63, 3.8) is 0 Å². The van der Waals surface area contributed by atoms with Gasteiger partial charge < -0.3 is 10.5 Å². The van der Waals surface area contributed by atoms with Gasteiger partial charge in [0.2, 0.25) is 0 Å². The fraction of sp³-hybridized carbons (Fsp3) is 0.417. The molecule has 0 aliphatic rings. The molecule has 0 saturated heterocycles. The predicted octanol–water partition coefficient (Wildman–Crippen LogP) is 2.12. The number of hydrogen-bond acceptors (Lipinski definition) is 4. The summed E-state index contributed by atoms with van der Waals surface area (Å²) in [5.74, 6) is 0. The van der Waals surface area contributed by atoms with Gasteiger partial charge in [-0.15, -0.1) is 11.3 Å². The SMILES string of the molecule is COC(CN)Cc1nc2ccc(C)cc2s1. The van der Waals surface area contributed by atoms with Crippen molar-refractivity contribution in [1.29, 1.82) is 0 Å². The molecule has 1 atom stereocenters. The molecular weight excluding hydrogens is 220 g/mol. The lowest BCUT2D eigenvalue weighted by atomic mass is 10.2. The van der Waals surface area contributed by atoms with Crippen LogP contribution in [-0.4, -0.2) is 24.7 Å². The van der Waals surface area contributed by atoms with Crippen LogP contribution in [0.5, 0.6) is 0 Å². The number of nitrogens with zero attached hydrogens (tertiary/aromatic N) is 1. The summed E-state index contributed by atoms with van der Waals surface area (Å²) in [5, 5.41) is 1.10. The Morgan fingerprint density at radius 1 is 1.50 bits per heavy atom. The molecule has 16 heavy (non-hydrogen) atoms. The number of aromatic nitrogens is 1. The second-order valence-corrected chi connectivity index (χ2v) is 4.99. The largest absolute Gasteiger partial charge is 0.380 e. The molecule has 0 fully saturated rings. The molecule has 2 N–H and O–H groups in total. The van der Waals surface area contributed by atoms with Gasteiger partial charge in [0.05, 0.1) is 21.3 Å². The molecule has 1 aromatic carbocycles. The number of rotatable bonds is 4. The Labute approximate surface area is 99.3 Å². The van der Waals surface area contributed by atoms with Crippen LogP contribution in [-0.2, 0) is 11.2 Å². The molecule has 0 spiro atoms. The lowest BCUT2D eigenvalue weighted by Gasteiger charge is -2.09. The molecule has 0 amide bonds. The average Bonchev–Trinajstić information content (AvgIpc) is 2.67. The van der Waals surface area contributed by atoms with Gasteiger partial charge in [-0.25, -0.2) is 4.98 Å². The molecule has 1 heterocycles. The van der Waals surface area contributed by atoms with E-state index in [2.05, 4.69) is 30.1 Å². The fourth-order valence-corrected chi connectivity index (χ4v) is 2.75. The first kappa shape index (κ1) is 11.5. The van der Waals surface area contributed by atoms with E-state index in [0.717, 1.165) is 16.9 Å². The van der Waals surface area contributed by atoms with Crippen LogP contribution in [0.2, 0.25) is 0 Å². The van der Waals surface area contributed by atoms with Crippen LogP contribution < -0.4 is 5.73 Å². The normalized spacial score (nSPS) is 13.2. The second kappa shape index (κ2) is 4.91. The zero-order valence-corrected chi connectivity index (χ0v) is 10.4. The van der Waals surface area contributed by atoms with E-state index in [9.17, 15) is 0 Å². The molecule has 1 unspecified atom stereocenters. The number of methoxy groups -OCH3 is 1. The van der Waals surface area contributed by atoms with Gasteiger partial charge in [0.1, 0.15) is 0 Å². The van der Waals surface area contributed by atoms with Crippen molar-refractivity contribution in [1.82, 2.24) is 4.98 Å². The first-order valence-corrected chi connectivity index (χ1v) is 6.13. The van der Waals surface area contributed by atoms with Gasteiger partial charge >= 0.3 is 0 Å². The molecule has 4 heteroatoms. The van der Waals surface area contributed by atoms with Gasteiger partial charge in [-0.3, -0.25) is 0 Å². The van der Waals surface area contributed by atoms with Gasteiger partial charge in [0, 0.05) is 20.1 Å². The number of thiazole rings is 1. The van der Waals surface area contributed by atoms with Gasteiger partial charge in [-0.1, -0.05) is 6.07 Å². The first-order valence-electron chi connectivity index (χ1n) is 5.32. The van der Waals surface area contributed by atoms with Crippen molar-refractivity contribution >= 4 is 21.6 Å². The Morgan fingerprint density at radius 2 is 2.31 bits per heavy atom. The van der Waals surface area contributed by atoms with Crippen LogP contribution in [0.3, 0.4) is 0 Å². The number of ether oxygens (including phenoxy) is 1. The van der Waals surface area contributed by atoms with Crippen molar-refractivity contribution < 1.29 is 4.74 Å². The van der Waals surface area contributed by atoms with Gasteiger partial charge in [-0.05, 0) is 24.6 Å². The highest BCUT2D eigenvalue weighted by molar-refractivity contribution is 7.18. The Morgan fingerprint density at radius 3 is 3.00 bits per heavy atom. The molecule has 0 radical (unpaired) electrons. The lowest BCUT2D eigenvalue weighted by molar-refractivity contribution is 0.110. The first-order chi connectivity index (χ1) is 7.72. The quantitative estimate of drug-likeness (QED) is 0.884. The molecule has 2 aromatic rings. The van der Waals surface area contributed by atoms with E-state index < -0.39 is 0 Å². The summed E-state index contributed by atoms with van der Waals surface area (Å²) in [4.78, 5) is 4.57. The molecule has 3 nitrogen and oxygen atoms in total. The maximum atomic E-state index is 5.60. The number of nitrogens with two attached hydrogens (primary N) is 1. The highest BCUT2D eigenvalue weighted by Crippen LogP contribution is 2.24. The van der Waals surface area contributed by atoms with E-state index in [4.69, 9.17) is 10.5 Å². The van der Waals surface area contributed by atoms with Crippen LogP contribution in [0.25, 0.3) is 10.2 Å². The number of benzene rings is 1. The van der Waals surface area contributed by atoms with E-state index in [1.54, 1.807) is 18.4 Å². The lowest BCUT2D eigenvalue weighted by Crippen LogP contribution is -2.24. The van der Waals surface area contributed by atoms with Crippen LogP contribution in [0.1, 0.15) is 10.6 Å². The smallest absolute Gasteiger partial charge is 0.0964 e. The zero-order valence-electron chi connectivity index (χ0n) is 9.56. The third-order valence-electron chi connectivity index (χ3n) is 2.59. The molecule has 86 valence electrons. The van der Waals surface area contributed by atoms with Crippen molar-refractivity contribution in [3.8, 4) is 0 Å². The average molecular weight is 236 g/mol. The summed E-state index contributed by atoms with van der Waals surface area (Å²) in [5.41, 5.74) is 7.94. The minimum Gasteiger partial charge on any atom is -0.380 e. The molecule has 0 aliphatic heterocycles. The highest BCUT2D eigenvalue weighted by atomic mass is 32.1. The van der Waals surface area contributed by atoms with Gasteiger partial charge in [-0.2, -0.15) is 0 Å². The van der Waals surface area contributed by atoms with E-state index in [0.29, 0.717) is 6.54 Å². The van der Waals surface area contributed by atoms with E-state index >= 15 is 0 Å². The maximum absolute atomic E-state index is 5.60.